The first-order chi connectivity index (χ1) is 7.68. The molecule has 2 rings (SSSR count). The summed E-state index contributed by atoms with van der Waals surface area (Å²) >= 11 is 0. The van der Waals surface area contributed by atoms with Gasteiger partial charge < -0.3 is 10.2 Å². The summed E-state index contributed by atoms with van der Waals surface area (Å²) in [5.41, 5.74) is 2.37. The van der Waals surface area contributed by atoms with Crippen LogP contribution >= 0.6 is 0 Å². The summed E-state index contributed by atoms with van der Waals surface area (Å²) in [6.07, 6.45) is 4.54. The molecule has 0 radical (unpaired) electrons. The molecule has 0 spiro atoms. The van der Waals surface area contributed by atoms with Crippen molar-refractivity contribution in [3.63, 3.8) is 0 Å². The van der Waals surface area contributed by atoms with Gasteiger partial charge in [-0.15, -0.1) is 0 Å². The number of carbonyl (C=O) groups excluding carboxylic acids is 1. The summed E-state index contributed by atoms with van der Waals surface area (Å²) in [5.74, 6) is 0.196. The van der Waals surface area contributed by atoms with Crippen molar-refractivity contribution in [1.29, 1.82) is 0 Å². The van der Waals surface area contributed by atoms with Crippen LogP contribution < -0.4 is 5.32 Å². The number of likely N-dealkylation sites (tertiary alicyclic amines) is 1. The summed E-state index contributed by atoms with van der Waals surface area (Å²) in [5, 5.41) is 3.29. The van der Waals surface area contributed by atoms with E-state index < -0.39 is 0 Å². The Morgan fingerprint density at radius 1 is 1.62 bits per heavy atom. The average Bonchev–Trinajstić information content (AvgIpc) is 2.59. The van der Waals surface area contributed by atoms with Crippen molar-refractivity contribution < 1.29 is 4.79 Å². The Balaban J connectivity index is 1.93. The fraction of sp³-hybridized carbons (Fsp3) is 0.500. The topological polar surface area (TPSA) is 45.2 Å². The number of nitrogens with zero attached hydrogens (tertiary/aromatic N) is 2. The van der Waals surface area contributed by atoms with Gasteiger partial charge in [-0.1, -0.05) is 0 Å². The summed E-state index contributed by atoms with van der Waals surface area (Å²) in [6, 6.07) is 1.96. The maximum Gasteiger partial charge on any atom is 0.239 e. The third-order valence-electron chi connectivity index (χ3n) is 3.11. The van der Waals surface area contributed by atoms with Gasteiger partial charge in [-0.3, -0.25) is 9.78 Å². The second-order valence-corrected chi connectivity index (χ2v) is 4.28. The number of aryl methyl sites for hydroxylation is 1. The molecule has 4 nitrogen and oxygen atoms in total. The van der Waals surface area contributed by atoms with Gasteiger partial charge in [0.1, 0.15) is 0 Å². The molecule has 2 heterocycles. The highest BCUT2D eigenvalue weighted by molar-refractivity contribution is 5.83. The summed E-state index contributed by atoms with van der Waals surface area (Å²) in [6.45, 7) is 3.62. The molecule has 1 aromatic rings. The van der Waals surface area contributed by atoms with Crippen LogP contribution in [-0.2, 0) is 11.3 Å². The zero-order valence-corrected chi connectivity index (χ0v) is 9.73. The third-order valence-corrected chi connectivity index (χ3v) is 3.11. The molecule has 0 aromatic carbocycles. The average molecular weight is 219 g/mol. The first-order valence-electron chi connectivity index (χ1n) is 5.56. The van der Waals surface area contributed by atoms with E-state index in [4.69, 9.17) is 0 Å². The third kappa shape index (κ3) is 2.22. The van der Waals surface area contributed by atoms with Crippen LogP contribution in [0.3, 0.4) is 0 Å². The SMILES string of the molecule is Cc1ccncc1CNC1CCN(C)C1=O. The van der Waals surface area contributed by atoms with Crippen molar-refractivity contribution >= 4 is 5.91 Å². The van der Waals surface area contributed by atoms with E-state index in [1.54, 1.807) is 11.1 Å². The molecule has 1 aliphatic rings. The minimum atomic E-state index is -0.0235. The van der Waals surface area contributed by atoms with Crippen molar-refractivity contribution in [3.8, 4) is 0 Å². The fourth-order valence-electron chi connectivity index (χ4n) is 1.93. The van der Waals surface area contributed by atoms with Gasteiger partial charge in [-0.25, -0.2) is 0 Å². The molecule has 16 heavy (non-hydrogen) atoms. The van der Waals surface area contributed by atoms with Crippen molar-refractivity contribution in [2.75, 3.05) is 13.6 Å². The van der Waals surface area contributed by atoms with Crippen LogP contribution in [0, 0.1) is 6.92 Å². The van der Waals surface area contributed by atoms with Crippen LogP contribution in [0.4, 0.5) is 0 Å². The van der Waals surface area contributed by atoms with Crippen molar-refractivity contribution in [3.05, 3.63) is 29.6 Å². The van der Waals surface area contributed by atoms with Crippen molar-refractivity contribution in [2.45, 2.75) is 25.9 Å². The molecule has 1 N–H and O–H groups in total. The van der Waals surface area contributed by atoms with Gasteiger partial charge in [-0.2, -0.15) is 0 Å². The van der Waals surface area contributed by atoms with Gasteiger partial charge in [0, 0.05) is 32.5 Å². The minimum absolute atomic E-state index is 0.0235. The number of nitrogens with one attached hydrogen (secondary N) is 1. The largest absolute Gasteiger partial charge is 0.344 e. The zero-order valence-electron chi connectivity index (χ0n) is 9.73. The Morgan fingerprint density at radius 3 is 3.06 bits per heavy atom. The molecule has 0 bridgehead atoms. The zero-order chi connectivity index (χ0) is 11.5. The molecule has 1 aromatic heterocycles. The number of carbonyl (C=O) groups is 1. The predicted molar refractivity (Wildman–Crippen MR) is 61.9 cm³/mol. The number of rotatable bonds is 3. The quantitative estimate of drug-likeness (QED) is 0.814. The lowest BCUT2D eigenvalue weighted by Crippen LogP contribution is -2.36. The van der Waals surface area contributed by atoms with E-state index >= 15 is 0 Å². The molecule has 0 saturated carbocycles. The Bertz CT molecular complexity index is 392. The van der Waals surface area contributed by atoms with Gasteiger partial charge in [-0.05, 0) is 30.5 Å². The highest BCUT2D eigenvalue weighted by Gasteiger charge is 2.28. The van der Waals surface area contributed by atoms with Crippen LogP contribution in [-0.4, -0.2) is 35.4 Å². The highest BCUT2D eigenvalue weighted by atomic mass is 16.2. The lowest BCUT2D eigenvalue weighted by atomic mass is 10.1. The first-order valence-corrected chi connectivity index (χ1v) is 5.56. The minimum Gasteiger partial charge on any atom is -0.344 e. The van der Waals surface area contributed by atoms with Crippen LogP contribution in [0.15, 0.2) is 18.5 Å². The normalized spacial score (nSPS) is 20.5. The standard InChI is InChI=1S/C12H17N3O/c1-9-3-5-13-7-10(9)8-14-11-4-6-15(2)12(11)16/h3,5,7,11,14H,4,6,8H2,1-2H3. The van der Waals surface area contributed by atoms with Crippen molar-refractivity contribution in [2.24, 2.45) is 0 Å². The molecule has 1 saturated heterocycles. The number of hydrogen-bond acceptors (Lipinski definition) is 3. The van der Waals surface area contributed by atoms with Crippen LogP contribution in [0.25, 0.3) is 0 Å². The second kappa shape index (κ2) is 4.61. The molecule has 1 fully saturated rings. The maximum atomic E-state index is 11.7. The molecular formula is C12H17N3O. The van der Waals surface area contributed by atoms with E-state index in [9.17, 15) is 4.79 Å². The summed E-state index contributed by atoms with van der Waals surface area (Å²) < 4.78 is 0. The summed E-state index contributed by atoms with van der Waals surface area (Å²) in [4.78, 5) is 17.5. The molecule has 0 aliphatic carbocycles. The molecule has 1 unspecified atom stereocenters. The van der Waals surface area contributed by atoms with E-state index in [1.807, 2.05) is 19.3 Å². The summed E-state index contributed by atoms with van der Waals surface area (Å²) in [7, 11) is 1.85. The Hall–Kier alpha value is -1.42. The van der Waals surface area contributed by atoms with E-state index in [2.05, 4.69) is 17.2 Å². The first kappa shape index (κ1) is 11.1. The second-order valence-electron chi connectivity index (χ2n) is 4.28. The Kier molecular flexibility index (Phi) is 3.19. The van der Waals surface area contributed by atoms with Gasteiger partial charge in [0.15, 0.2) is 0 Å². The lowest BCUT2D eigenvalue weighted by Gasteiger charge is -2.12. The monoisotopic (exact) mass is 219 g/mol. The molecule has 1 aliphatic heterocycles. The predicted octanol–water partition coefficient (Wildman–Crippen LogP) is 0.710. The molecule has 1 atom stereocenters. The van der Waals surface area contributed by atoms with Gasteiger partial charge in [0.2, 0.25) is 5.91 Å². The van der Waals surface area contributed by atoms with Crippen LogP contribution in [0.5, 0.6) is 0 Å². The smallest absolute Gasteiger partial charge is 0.239 e. The van der Waals surface area contributed by atoms with Gasteiger partial charge in [0.05, 0.1) is 6.04 Å². The van der Waals surface area contributed by atoms with Crippen molar-refractivity contribution in [1.82, 2.24) is 15.2 Å². The Morgan fingerprint density at radius 2 is 2.44 bits per heavy atom. The molecule has 86 valence electrons. The molecule has 1 amide bonds. The van der Waals surface area contributed by atoms with E-state index in [0.717, 1.165) is 18.5 Å². The number of likely N-dealkylation sites (N-methyl/N-ethyl adjacent to an activating group) is 1. The molecular weight excluding hydrogens is 202 g/mol. The number of amides is 1. The van der Waals surface area contributed by atoms with Gasteiger partial charge >= 0.3 is 0 Å². The number of pyridine rings is 1. The lowest BCUT2D eigenvalue weighted by molar-refractivity contribution is -0.128. The Labute approximate surface area is 95.7 Å². The van der Waals surface area contributed by atoms with E-state index in [-0.39, 0.29) is 11.9 Å². The van der Waals surface area contributed by atoms with E-state index in [0.29, 0.717) is 6.54 Å². The van der Waals surface area contributed by atoms with Gasteiger partial charge in [0.25, 0.3) is 0 Å². The fourth-order valence-corrected chi connectivity index (χ4v) is 1.93. The molecule has 4 heteroatoms. The van der Waals surface area contributed by atoms with Crippen LogP contribution in [0.1, 0.15) is 17.5 Å². The highest BCUT2D eigenvalue weighted by Crippen LogP contribution is 2.10. The maximum absolute atomic E-state index is 11.7. The number of aromatic nitrogens is 1. The number of hydrogen-bond donors (Lipinski definition) is 1. The van der Waals surface area contributed by atoms with Crippen LogP contribution in [0.2, 0.25) is 0 Å². The van der Waals surface area contributed by atoms with E-state index in [1.165, 1.54) is 5.56 Å².